The van der Waals surface area contributed by atoms with Crippen molar-refractivity contribution in [1.82, 2.24) is 4.98 Å². The van der Waals surface area contributed by atoms with E-state index in [4.69, 9.17) is 4.74 Å². The van der Waals surface area contributed by atoms with Crippen LogP contribution in [0, 0.1) is 13.8 Å². The van der Waals surface area contributed by atoms with Crippen LogP contribution < -0.4 is 4.90 Å². The third-order valence-electron chi connectivity index (χ3n) is 4.85. The summed E-state index contributed by atoms with van der Waals surface area (Å²) in [5.74, 6) is -0.425. The van der Waals surface area contributed by atoms with E-state index in [1.165, 1.54) is 16.0 Å². The molecule has 1 aliphatic heterocycles. The number of ketones is 1. The highest BCUT2D eigenvalue weighted by Gasteiger charge is 2.29. The van der Waals surface area contributed by atoms with Crippen LogP contribution in [-0.4, -0.2) is 36.4 Å². The van der Waals surface area contributed by atoms with Crippen molar-refractivity contribution < 1.29 is 19.2 Å². The zero-order valence-corrected chi connectivity index (χ0v) is 15.1. The van der Waals surface area contributed by atoms with Crippen molar-refractivity contribution in [3.8, 4) is 0 Å². The topological polar surface area (TPSA) is 63.6 Å². The number of benzene rings is 1. The Hall–Kier alpha value is -2.40. The van der Waals surface area contributed by atoms with Gasteiger partial charge in [0, 0.05) is 23.4 Å². The molecule has 1 aromatic carbocycles. The van der Waals surface area contributed by atoms with Crippen LogP contribution in [0.25, 0.3) is 0 Å². The van der Waals surface area contributed by atoms with Crippen molar-refractivity contribution >= 4 is 11.8 Å². The standard InChI is InChI=1S/C20H24N2O3/c1-4-25-20(24)19-14(3)21-13(2)18(19)17(23)12-22-10-9-15-7-5-6-8-16(15)11-22/h5-8,21H,4,9-12H2,1-3H3/p+1. The molecule has 5 heteroatoms. The quantitative estimate of drug-likeness (QED) is 0.642. The Morgan fingerprint density at radius 2 is 1.80 bits per heavy atom. The number of carbonyl (C=O) groups is 2. The van der Waals surface area contributed by atoms with Crippen LogP contribution in [0.3, 0.4) is 0 Å². The summed E-state index contributed by atoms with van der Waals surface area (Å²) in [6, 6.07) is 8.40. The molecule has 2 heterocycles. The number of Topliss-reactive ketones (excluding diaryl/α,β-unsaturated/α-hetero) is 1. The summed E-state index contributed by atoms with van der Waals surface area (Å²) in [6.45, 7) is 7.87. The lowest BCUT2D eigenvalue weighted by molar-refractivity contribution is -0.907. The van der Waals surface area contributed by atoms with Gasteiger partial charge in [0.1, 0.15) is 13.1 Å². The summed E-state index contributed by atoms with van der Waals surface area (Å²) in [7, 11) is 0. The van der Waals surface area contributed by atoms with Gasteiger partial charge in [0.25, 0.3) is 0 Å². The SMILES string of the molecule is CCOC(=O)c1c(C)[nH]c(C)c1C(=O)C[NH+]1CCc2ccccc2C1. The second-order valence-electron chi connectivity index (χ2n) is 6.64. The molecule has 0 spiro atoms. The first-order valence-electron chi connectivity index (χ1n) is 8.81. The number of hydrogen-bond donors (Lipinski definition) is 2. The van der Waals surface area contributed by atoms with Gasteiger partial charge in [0.05, 0.1) is 24.3 Å². The minimum Gasteiger partial charge on any atom is -0.462 e. The fourth-order valence-electron chi connectivity index (χ4n) is 3.70. The van der Waals surface area contributed by atoms with E-state index < -0.39 is 5.97 Å². The molecule has 0 saturated carbocycles. The van der Waals surface area contributed by atoms with Crippen LogP contribution >= 0.6 is 0 Å². The number of aromatic nitrogens is 1. The summed E-state index contributed by atoms with van der Waals surface area (Å²) >= 11 is 0. The maximum Gasteiger partial charge on any atom is 0.340 e. The zero-order valence-electron chi connectivity index (χ0n) is 15.1. The summed E-state index contributed by atoms with van der Waals surface area (Å²) in [5, 5.41) is 0. The molecule has 0 amide bonds. The smallest absolute Gasteiger partial charge is 0.340 e. The molecule has 0 aliphatic carbocycles. The molecule has 1 aliphatic rings. The Labute approximate surface area is 148 Å². The van der Waals surface area contributed by atoms with Crippen LogP contribution in [0.4, 0.5) is 0 Å². The molecule has 1 unspecified atom stereocenters. The Kier molecular flexibility index (Phi) is 5.04. The van der Waals surface area contributed by atoms with Gasteiger partial charge in [-0.15, -0.1) is 0 Å². The minimum absolute atomic E-state index is 0.000663. The molecule has 1 atom stereocenters. The molecule has 0 fully saturated rings. The molecule has 1 aromatic heterocycles. The van der Waals surface area contributed by atoms with Gasteiger partial charge in [-0.2, -0.15) is 0 Å². The van der Waals surface area contributed by atoms with Crippen LogP contribution in [-0.2, 0) is 17.7 Å². The zero-order chi connectivity index (χ0) is 18.0. The van der Waals surface area contributed by atoms with Crippen LogP contribution in [0.1, 0.15) is 50.2 Å². The maximum absolute atomic E-state index is 12.9. The largest absolute Gasteiger partial charge is 0.462 e. The number of aromatic amines is 1. The van der Waals surface area contributed by atoms with Crippen molar-refractivity contribution in [3.05, 3.63) is 57.9 Å². The number of fused-ring (bicyclic) bond motifs is 1. The van der Waals surface area contributed by atoms with Gasteiger partial charge >= 0.3 is 5.97 Å². The maximum atomic E-state index is 12.9. The fourth-order valence-corrected chi connectivity index (χ4v) is 3.70. The molecular formula is C20H25N2O3+. The van der Waals surface area contributed by atoms with Crippen LogP contribution in [0.5, 0.6) is 0 Å². The number of carbonyl (C=O) groups excluding carboxylic acids is 2. The van der Waals surface area contributed by atoms with E-state index in [1.807, 2.05) is 13.0 Å². The number of nitrogens with one attached hydrogen (secondary N) is 2. The normalized spacial score (nSPS) is 16.4. The van der Waals surface area contributed by atoms with E-state index >= 15 is 0 Å². The van der Waals surface area contributed by atoms with E-state index in [2.05, 4.69) is 23.2 Å². The van der Waals surface area contributed by atoms with Gasteiger partial charge in [-0.1, -0.05) is 24.3 Å². The molecule has 25 heavy (non-hydrogen) atoms. The molecule has 3 rings (SSSR count). The number of rotatable bonds is 5. The molecule has 0 radical (unpaired) electrons. The first-order chi connectivity index (χ1) is 12.0. The molecule has 2 aromatic rings. The minimum atomic E-state index is -0.424. The lowest BCUT2D eigenvalue weighted by atomic mass is 9.98. The highest BCUT2D eigenvalue weighted by Crippen LogP contribution is 2.20. The molecule has 0 saturated heterocycles. The molecular weight excluding hydrogens is 316 g/mol. The molecule has 132 valence electrons. The lowest BCUT2D eigenvalue weighted by Gasteiger charge is -2.25. The predicted octanol–water partition coefficient (Wildman–Crippen LogP) is 1.63. The number of ether oxygens (including phenoxy) is 1. The van der Waals surface area contributed by atoms with E-state index in [0.717, 1.165) is 25.2 Å². The van der Waals surface area contributed by atoms with Crippen molar-refractivity contribution in [3.63, 3.8) is 0 Å². The highest BCUT2D eigenvalue weighted by atomic mass is 16.5. The lowest BCUT2D eigenvalue weighted by Crippen LogP contribution is -3.12. The summed E-state index contributed by atoms with van der Waals surface area (Å²) < 4.78 is 5.13. The van der Waals surface area contributed by atoms with Gasteiger partial charge in [-0.05, 0) is 26.3 Å². The van der Waals surface area contributed by atoms with Gasteiger partial charge < -0.3 is 14.6 Å². The second kappa shape index (κ2) is 7.23. The van der Waals surface area contributed by atoms with Crippen molar-refractivity contribution in [2.24, 2.45) is 0 Å². The third kappa shape index (κ3) is 3.51. The first kappa shape index (κ1) is 17.4. The van der Waals surface area contributed by atoms with Gasteiger partial charge in [0.15, 0.2) is 0 Å². The van der Waals surface area contributed by atoms with Crippen LogP contribution in [0.15, 0.2) is 24.3 Å². The first-order valence-corrected chi connectivity index (χ1v) is 8.81. The summed E-state index contributed by atoms with van der Waals surface area (Å²) in [4.78, 5) is 29.6. The molecule has 0 bridgehead atoms. The van der Waals surface area contributed by atoms with Gasteiger partial charge in [-0.3, -0.25) is 4.79 Å². The fraction of sp³-hybridized carbons (Fsp3) is 0.400. The van der Waals surface area contributed by atoms with Crippen LogP contribution in [0.2, 0.25) is 0 Å². The van der Waals surface area contributed by atoms with E-state index in [9.17, 15) is 9.59 Å². The average Bonchev–Trinajstić information content (AvgIpc) is 2.89. The summed E-state index contributed by atoms with van der Waals surface area (Å²) in [5.41, 5.74) is 4.99. The number of esters is 1. The Morgan fingerprint density at radius 3 is 2.52 bits per heavy atom. The Balaban J connectivity index is 1.79. The molecule has 2 N–H and O–H groups in total. The number of quaternary nitrogens is 1. The predicted molar refractivity (Wildman–Crippen MR) is 95.1 cm³/mol. The van der Waals surface area contributed by atoms with E-state index in [0.29, 0.717) is 30.0 Å². The molecule has 5 nitrogen and oxygen atoms in total. The number of hydrogen-bond acceptors (Lipinski definition) is 3. The van der Waals surface area contributed by atoms with Crippen molar-refractivity contribution in [2.45, 2.75) is 33.7 Å². The Bertz CT molecular complexity index is 807. The van der Waals surface area contributed by atoms with Crippen molar-refractivity contribution in [2.75, 3.05) is 19.7 Å². The third-order valence-corrected chi connectivity index (χ3v) is 4.85. The number of aryl methyl sites for hydroxylation is 2. The number of H-pyrrole nitrogens is 1. The van der Waals surface area contributed by atoms with Gasteiger partial charge in [-0.25, -0.2) is 4.79 Å². The van der Waals surface area contributed by atoms with E-state index in [-0.39, 0.29) is 5.78 Å². The second-order valence-corrected chi connectivity index (χ2v) is 6.64. The van der Waals surface area contributed by atoms with Gasteiger partial charge in [0.2, 0.25) is 5.78 Å². The highest BCUT2D eigenvalue weighted by molar-refractivity contribution is 6.08. The summed E-state index contributed by atoms with van der Waals surface area (Å²) in [6.07, 6.45) is 0.981. The Morgan fingerprint density at radius 1 is 1.12 bits per heavy atom. The van der Waals surface area contributed by atoms with Crippen molar-refractivity contribution in [1.29, 1.82) is 0 Å². The monoisotopic (exact) mass is 341 g/mol. The average molecular weight is 341 g/mol. The van der Waals surface area contributed by atoms with E-state index in [1.54, 1.807) is 13.8 Å².